The number of hydrogen-bond donors (Lipinski definition) is 2. The topological polar surface area (TPSA) is 27.3 Å². The molecule has 0 bridgehead atoms. The van der Waals surface area contributed by atoms with Gasteiger partial charge in [-0.15, -0.1) is 0 Å². The summed E-state index contributed by atoms with van der Waals surface area (Å²) in [5.74, 6) is 0. The summed E-state index contributed by atoms with van der Waals surface area (Å²) in [4.78, 5) is 0. The number of hydrogen-bond acceptors (Lipinski definition) is 3. The third-order valence-corrected chi connectivity index (χ3v) is 1.05. The third-order valence-electron chi connectivity index (χ3n) is 1.05. The number of nitrogens with zero attached hydrogens (tertiary/aromatic N) is 1. The van der Waals surface area contributed by atoms with E-state index in [1.54, 1.807) is 0 Å². The molecule has 1 atom stereocenters. The van der Waals surface area contributed by atoms with Gasteiger partial charge in [0.2, 0.25) is 0 Å². The average Bonchev–Trinajstić information content (AvgIpc) is 1.87. The molecule has 42 valence electrons. The fourth-order valence-electron chi connectivity index (χ4n) is 0.696. The van der Waals surface area contributed by atoms with Crippen LogP contribution in [-0.2, 0) is 0 Å². The van der Waals surface area contributed by atoms with Crippen molar-refractivity contribution in [2.45, 2.75) is 13.0 Å². The highest BCUT2D eigenvalue weighted by Gasteiger charge is 2.10. The van der Waals surface area contributed by atoms with Crippen LogP contribution in [0.4, 0.5) is 0 Å². The van der Waals surface area contributed by atoms with Crippen molar-refractivity contribution in [3.8, 4) is 0 Å². The van der Waals surface area contributed by atoms with Crippen LogP contribution >= 0.6 is 0 Å². The molecule has 0 saturated carbocycles. The molecular weight excluding hydrogens is 90.1 g/mol. The molecule has 0 spiro atoms. The van der Waals surface area contributed by atoms with Gasteiger partial charge in [0.25, 0.3) is 0 Å². The van der Waals surface area contributed by atoms with E-state index in [9.17, 15) is 0 Å². The Bertz CT molecular complexity index is 56.0. The van der Waals surface area contributed by atoms with E-state index in [4.69, 9.17) is 0 Å². The average molecular weight is 101 g/mol. The molecule has 7 heavy (non-hydrogen) atoms. The van der Waals surface area contributed by atoms with Crippen LogP contribution in [0.1, 0.15) is 6.92 Å². The normalized spacial score (nSPS) is 34.3. The number of hydrazine groups is 2. The zero-order valence-corrected chi connectivity index (χ0v) is 4.73. The largest absolute Gasteiger partial charge is 0.240 e. The Hall–Kier alpha value is -0.120. The molecule has 2 N–H and O–H groups in total. The van der Waals surface area contributed by atoms with Crippen LogP contribution in [0, 0.1) is 0 Å². The zero-order chi connectivity index (χ0) is 5.28. The maximum absolute atomic E-state index is 3.14. The molecular formula is C4H11N3. The van der Waals surface area contributed by atoms with Gasteiger partial charge in [0.15, 0.2) is 0 Å². The molecule has 1 heterocycles. The van der Waals surface area contributed by atoms with Gasteiger partial charge < -0.3 is 0 Å². The van der Waals surface area contributed by atoms with Crippen molar-refractivity contribution in [3.05, 3.63) is 0 Å². The Balaban J connectivity index is 2.26. The Labute approximate surface area is 43.6 Å². The summed E-state index contributed by atoms with van der Waals surface area (Å²) in [7, 11) is 1.96. The van der Waals surface area contributed by atoms with Crippen LogP contribution < -0.4 is 10.9 Å². The van der Waals surface area contributed by atoms with Crippen molar-refractivity contribution >= 4 is 0 Å². The lowest BCUT2D eigenvalue weighted by atomic mass is 10.4. The van der Waals surface area contributed by atoms with Crippen LogP contribution in [0.15, 0.2) is 0 Å². The van der Waals surface area contributed by atoms with Gasteiger partial charge >= 0.3 is 0 Å². The summed E-state index contributed by atoms with van der Waals surface area (Å²) < 4.78 is 0. The van der Waals surface area contributed by atoms with Gasteiger partial charge in [0.1, 0.15) is 0 Å². The molecule has 1 aliphatic heterocycles. The zero-order valence-electron chi connectivity index (χ0n) is 4.73. The van der Waals surface area contributed by atoms with Crippen molar-refractivity contribution in [1.29, 1.82) is 0 Å². The molecule has 0 aromatic carbocycles. The molecule has 1 fully saturated rings. The highest BCUT2D eigenvalue weighted by atomic mass is 15.8. The van der Waals surface area contributed by atoms with E-state index in [0.717, 1.165) is 6.54 Å². The van der Waals surface area contributed by atoms with Crippen LogP contribution in [0.5, 0.6) is 0 Å². The van der Waals surface area contributed by atoms with E-state index in [-0.39, 0.29) is 0 Å². The van der Waals surface area contributed by atoms with Crippen molar-refractivity contribution in [2.24, 2.45) is 0 Å². The van der Waals surface area contributed by atoms with E-state index >= 15 is 0 Å². The molecule has 3 nitrogen and oxygen atoms in total. The fourth-order valence-corrected chi connectivity index (χ4v) is 0.696. The van der Waals surface area contributed by atoms with Crippen molar-refractivity contribution in [2.75, 3.05) is 13.6 Å². The van der Waals surface area contributed by atoms with Crippen LogP contribution in [0.3, 0.4) is 0 Å². The minimum Gasteiger partial charge on any atom is -0.240 e. The van der Waals surface area contributed by atoms with E-state index in [0.29, 0.717) is 6.04 Å². The second-order valence-electron chi connectivity index (χ2n) is 1.95. The first kappa shape index (κ1) is 5.03. The molecule has 1 unspecified atom stereocenters. The van der Waals surface area contributed by atoms with Crippen molar-refractivity contribution < 1.29 is 0 Å². The number of nitrogens with one attached hydrogen (secondary N) is 2. The molecule has 0 amide bonds. The van der Waals surface area contributed by atoms with Crippen molar-refractivity contribution in [3.63, 3.8) is 0 Å². The predicted octanol–water partition coefficient (Wildman–Crippen LogP) is -0.670. The van der Waals surface area contributed by atoms with Gasteiger partial charge in [-0.3, -0.25) is 0 Å². The fraction of sp³-hybridized carbons (Fsp3) is 1.00. The molecule has 3 heteroatoms. The molecule has 0 radical (unpaired) electrons. The summed E-state index contributed by atoms with van der Waals surface area (Å²) in [5, 5.41) is 1.88. The predicted molar refractivity (Wildman–Crippen MR) is 28.4 cm³/mol. The van der Waals surface area contributed by atoms with Crippen LogP contribution in [0.2, 0.25) is 0 Å². The van der Waals surface area contributed by atoms with Crippen molar-refractivity contribution in [1.82, 2.24) is 16.0 Å². The van der Waals surface area contributed by atoms with Gasteiger partial charge in [-0.05, 0) is 6.92 Å². The Morgan fingerprint density at radius 1 is 1.71 bits per heavy atom. The first-order chi connectivity index (χ1) is 3.29. The van der Waals surface area contributed by atoms with Gasteiger partial charge in [0.05, 0.1) is 0 Å². The Morgan fingerprint density at radius 3 is 2.57 bits per heavy atom. The molecule has 0 aromatic heterocycles. The van der Waals surface area contributed by atoms with E-state index in [1.807, 2.05) is 12.2 Å². The minimum absolute atomic E-state index is 0.588. The summed E-state index contributed by atoms with van der Waals surface area (Å²) >= 11 is 0. The Morgan fingerprint density at radius 2 is 2.43 bits per heavy atom. The van der Waals surface area contributed by atoms with Crippen LogP contribution in [-0.4, -0.2) is 24.8 Å². The van der Waals surface area contributed by atoms with Gasteiger partial charge in [-0.1, -0.05) is 0 Å². The second-order valence-corrected chi connectivity index (χ2v) is 1.95. The SMILES string of the molecule is CC1CNN(C)N1. The molecule has 0 aliphatic carbocycles. The highest BCUT2D eigenvalue weighted by Crippen LogP contribution is 1.86. The van der Waals surface area contributed by atoms with E-state index in [1.165, 1.54) is 0 Å². The summed E-state index contributed by atoms with van der Waals surface area (Å²) in [6.45, 7) is 3.17. The standard InChI is InChI=1S/C4H11N3/c1-4-3-5-7(2)6-4/h4-6H,3H2,1-2H3. The maximum atomic E-state index is 3.14. The van der Waals surface area contributed by atoms with Crippen LogP contribution in [0.25, 0.3) is 0 Å². The van der Waals surface area contributed by atoms with E-state index in [2.05, 4.69) is 17.8 Å². The number of rotatable bonds is 0. The summed E-state index contributed by atoms with van der Waals surface area (Å²) in [6, 6.07) is 0.588. The van der Waals surface area contributed by atoms with Gasteiger partial charge in [-0.25, -0.2) is 10.9 Å². The van der Waals surface area contributed by atoms with Gasteiger partial charge in [0, 0.05) is 19.6 Å². The molecule has 1 rings (SSSR count). The molecule has 0 aromatic rings. The lowest BCUT2D eigenvalue weighted by molar-refractivity contribution is 0.225. The highest BCUT2D eigenvalue weighted by molar-refractivity contribution is 4.64. The monoisotopic (exact) mass is 101 g/mol. The summed E-state index contributed by atoms with van der Waals surface area (Å²) in [6.07, 6.45) is 0. The maximum Gasteiger partial charge on any atom is 0.0339 e. The first-order valence-corrected chi connectivity index (χ1v) is 2.52. The molecule has 1 aliphatic rings. The van der Waals surface area contributed by atoms with E-state index < -0.39 is 0 Å². The minimum atomic E-state index is 0.588. The lowest BCUT2D eigenvalue weighted by Crippen LogP contribution is -2.35. The molecule has 1 saturated heterocycles. The summed E-state index contributed by atoms with van der Waals surface area (Å²) in [5.41, 5.74) is 6.23. The third kappa shape index (κ3) is 1.12. The first-order valence-electron chi connectivity index (χ1n) is 2.52. The lowest BCUT2D eigenvalue weighted by Gasteiger charge is -2.06. The Kier molecular flexibility index (Phi) is 1.27. The van der Waals surface area contributed by atoms with Gasteiger partial charge in [-0.2, -0.15) is 5.12 Å². The smallest absolute Gasteiger partial charge is 0.0339 e. The quantitative estimate of drug-likeness (QED) is 0.424. The second kappa shape index (κ2) is 1.78.